The van der Waals surface area contributed by atoms with Gasteiger partial charge in [-0.15, -0.1) is 0 Å². The van der Waals surface area contributed by atoms with Gasteiger partial charge in [-0.25, -0.2) is 21.8 Å². The third-order valence-electron chi connectivity index (χ3n) is 4.33. The van der Waals surface area contributed by atoms with Crippen LogP contribution >= 0.6 is 22.9 Å². The lowest BCUT2D eigenvalue weighted by atomic mass is 10.00. The summed E-state index contributed by atoms with van der Waals surface area (Å²) in [6, 6.07) is 5.78. The molecule has 0 spiro atoms. The molecule has 26 heavy (non-hydrogen) atoms. The van der Waals surface area contributed by atoms with E-state index in [-0.39, 0.29) is 14.3 Å². The fourth-order valence-electron chi connectivity index (χ4n) is 2.75. The summed E-state index contributed by atoms with van der Waals surface area (Å²) in [5.74, 6) is 0.560. The molecule has 0 unspecified atom stereocenters. The minimum Gasteiger partial charge on any atom is -0.361 e. The molecule has 1 fully saturated rings. The van der Waals surface area contributed by atoms with Crippen LogP contribution in [-0.4, -0.2) is 41.2 Å². The third kappa shape index (κ3) is 3.90. The molecule has 0 bridgehead atoms. The summed E-state index contributed by atoms with van der Waals surface area (Å²) in [5, 5.41) is 0.622. The minimum atomic E-state index is -3.95. The van der Waals surface area contributed by atoms with Crippen molar-refractivity contribution in [2.24, 2.45) is 5.92 Å². The highest BCUT2D eigenvalue weighted by molar-refractivity contribution is 7.93. The Morgan fingerprint density at radius 1 is 1.12 bits per heavy atom. The highest BCUT2D eigenvalue weighted by Crippen LogP contribution is 2.38. The highest BCUT2D eigenvalue weighted by atomic mass is 35.5. The topological polar surface area (TPSA) is 84.4 Å². The molecule has 2 aromatic rings. The van der Waals surface area contributed by atoms with Gasteiger partial charge in [0.2, 0.25) is 24.0 Å². The van der Waals surface area contributed by atoms with E-state index in [1.54, 1.807) is 0 Å². The number of halogens is 1. The zero-order valence-corrected chi connectivity index (χ0v) is 17.6. The van der Waals surface area contributed by atoms with Gasteiger partial charge in [0.25, 0.3) is 0 Å². The van der Waals surface area contributed by atoms with Crippen LogP contribution in [-0.2, 0) is 19.7 Å². The van der Waals surface area contributed by atoms with E-state index in [9.17, 15) is 16.8 Å². The summed E-state index contributed by atoms with van der Waals surface area (Å²) in [6.45, 7) is 3.50. The average molecular weight is 435 g/mol. The standard InChI is InChI=1S/C16H19ClN2O4S3/c1-11-7-9-19(10-8-11)15-14(18-16(24-15)25(2,20)21)26(22,23)13-5-3-12(17)4-6-13/h3-6,11H,7-10H2,1-2H3. The Bertz CT molecular complexity index is 1010. The number of aromatic nitrogens is 1. The molecule has 0 atom stereocenters. The minimum absolute atomic E-state index is 0.0406. The Kier molecular flexibility index (Phi) is 5.35. The summed E-state index contributed by atoms with van der Waals surface area (Å²) in [5.41, 5.74) is 0. The number of benzene rings is 1. The van der Waals surface area contributed by atoms with Crippen molar-refractivity contribution in [3.63, 3.8) is 0 Å². The number of rotatable bonds is 4. The zero-order chi connectivity index (χ0) is 19.1. The predicted octanol–water partition coefficient (Wildman–Crippen LogP) is 3.27. The maximum atomic E-state index is 13.1. The molecule has 1 aliphatic heterocycles. The van der Waals surface area contributed by atoms with Crippen LogP contribution in [0.25, 0.3) is 0 Å². The zero-order valence-electron chi connectivity index (χ0n) is 14.3. The molecule has 0 saturated carbocycles. The van der Waals surface area contributed by atoms with E-state index in [2.05, 4.69) is 11.9 Å². The second-order valence-electron chi connectivity index (χ2n) is 6.49. The number of thiazole rings is 1. The second-order valence-corrected chi connectivity index (χ2v) is 12.0. The number of nitrogens with zero attached hydrogens (tertiary/aromatic N) is 2. The van der Waals surface area contributed by atoms with Crippen LogP contribution in [0, 0.1) is 5.92 Å². The van der Waals surface area contributed by atoms with Crippen LogP contribution in [0.4, 0.5) is 5.00 Å². The van der Waals surface area contributed by atoms with E-state index in [0.29, 0.717) is 29.0 Å². The van der Waals surface area contributed by atoms with Crippen LogP contribution in [0.1, 0.15) is 19.8 Å². The Labute approximate surface area is 162 Å². The second kappa shape index (κ2) is 7.10. The number of piperidine rings is 1. The SMILES string of the molecule is CC1CCN(c2sc(S(C)(=O)=O)nc2S(=O)(=O)c2ccc(Cl)cc2)CC1. The van der Waals surface area contributed by atoms with Gasteiger partial charge in [0, 0.05) is 24.4 Å². The van der Waals surface area contributed by atoms with Crippen molar-refractivity contribution < 1.29 is 16.8 Å². The molecule has 0 amide bonds. The first kappa shape index (κ1) is 19.6. The fourth-order valence-corrected chi connectivity index (χ4v) is 6.58. The summed E-state index contributed by atoms with van der Waals surface area (Å²) in [4.78, 5) is 5.98. The molecule has 0 aliphatic carbocycles. The molecule has 0 N–H and O–H groups in total. The van der Waals surface area contributed by atoms with Gasteiger partial charge in [0.05, 0.1) is 4.90 Å². The summed E-state index contributed by atoms with van der Waals surface area (Å²) < 4.78 is 49.9. The normalized spacial score (nSPS) is 16.8. The van der Waals surface area contributed by atoms with Crippen molar-refractivity contribution in [1.82, 2.24) is 4.98 Å². The molecule has 1 aromatic carbocycles. The van der Waals surface area contributed by atoms with E-state index in [4.69, 9.17) is 11.6 Å². The first-order valence-electron chi connectivity index (χ1n) is 8.05. The maximum Gasteiger partial charge on any atom is 0.226 e. The van der Waals surface area contributed by atoms with Crippen LogP contribution in [0.15, 0.2) is 38.5 Å². The molecule has 1 aliphatic rings. The maximum absolute atomic E-state index is 13.1. The van der Waals surface area contributed by atoms with Crippen LogP contribution < -0.4 is 4.90 Å². The lowest BCUT2D eigenvalue weighted by Crippen LogP contribution is -2.33. The average Bonchev–Trinajstić information content (AvgIpc) is 3.02. The Balaban J connectivity index is 2.13. The molecule has 6 nitrogen and oxygen atoms in total. The number of hydrogen-bond acceptors (Lipinski definition) is 7. The first-order chi connectivity index (χ1) is 12.1. The highest BCUT2D eigenvalue weighted by Gasteiger charge is 2.32. The lowest BCUT2D eigenvalue weighted by molar-refractivity contribution is 0.438. The fraction of sp³-hybridized carbons (Fsp3) is 0.438. The largest absolute Gasteiger partial charge is 0.361 e. The molecule has 1 saturated heterocycles. The van der Waals surface area contributed by atoms with E-state index in [1.807, 2.05) is 4.90 Å². The lowest BCUT2D eigenvalue weighted by Gasteiger charge is -2.31. The van der Waals surface area contributed by atoms with Crippen molar-refractivity contribution in [3.8, 4) is 0 Å². The van der Waals surface area contributed by atoms with Crippen molar-refractivity contribution in [2.45, 2.75) is 34.0 Å². The summed E-state index contributed by atoms with van der Waals surface area (Å²) in [6.07, 6.45) is 2.88. The number of anilines is 1. The van der Waals surface area contributed by atoms with Gasteiger partial charge < -0.3 is 4.90 Å². The van der Waals surface area contributed by atoms with Crippen molar-refractivity contribution >= 4 is 47.6 Å². The van der Waals surface area contributed by atoms with Crippen LogP contribution in [0.3, 0.4) is 0 Å². The molecule has 142 valence electrons. The Morgan fingerprint density at radius 2 is 1.69 bits per heavy atom. The monoisotopic (exact) mass is 434 g/mol. The van der Waals surface area contributed by atoms with E-state index < -0.39 is 19.7 Å². The van der Waals surface area contributed by atoms with E-state index in [0.717, 1.165) is 30.4 Å². The Hall–Kier alpha value is -1.16. The number of hydrogen-bond donors (Lipinski definition) is 0. The summed E-state index contributed by atoms with van der Waals surface area (Å²) >= 11 is 6.76. The molecule has 1 aromatic heterocycles. The third-order valence-corrected chi connectivity index (χ3v) is 9.19. The van der Waals surface area contributed by atoms with Gasteiger partial charge in [0.15, 0.2) is 5.03 Å². The quantitative estimate of drug-likeness (QED) is 0.734. The van der Waals surface area contributed by atoms with Crippen LogP contribution in [0.2, 0.25) is 5.02 Å². The van der Waals surface area contributed by atoms with Crippen molar-refractivity contribution in [3.05, 3.63) is 29.3 Å². The van der Waals surface area contributed by atoms with Crippen molar-refractivity contribution in [2.75, 3.05) is 24.2 Å². The predicted molar refractivity (Wildman–Crippen MR) is 103 cm³/mol. The molecule has 2 heterocycles. The van der Waals surface area contributed by atoms with E-state index in [1.165, 1.54) is 24.3 Å². The molecular formula is C16H19ClN2O4S3. The van der Waals surface area contributed by atoms with Gasteiger partial charge in [-0.2, -0.15) is 0 Å². The van der Waals surface area contributed by atoms with Gasteiger partial charge in [0.1, 0.15) is 5.00 Å². The Morgan fingerprint density at radius 3 is 2.23 bits per heavy atom. The molecule has 3 rings (SSSR count). The van der Waals surface area contributed by atoms with Crippen LogP contribution in [0.5, 0.6) is 0 Å². The first-order valence-corrected chi connectivity index (χ1v) is 12.6. The molecular weight excluding hydrogens is 416 g/mol. The van der Waals surface area contributed by atoms with Gasteiger partial charge >= 0.3 is 0 Å². The van der Waals surface area contributed by atoms with Crippen molar-refractivity contribution in [1.29, 1.82) is 0 Å². The smallest absolute Gasteiger partial charge is 0.226 e. The van der Waals surface area contributed by atoms with Gasteiger partial charge in [-0.1, -0.05) is 29.9 Å². The number of sulfone groups is 2. The van der Waals surface area contributed by atoms with Gasteiger partial charge in [-0.05, 0) is 43.0 Å². The summed E-state index contributed by atoms with van der Waals surface area (Å²) in [7, 11) is -7.56. The van der Waals surface area contributed by atoms with Gasteiger partial charge in [-0.3, -0.25) is 0 Å². The van der Waals surface area contributed by atoms with E-state index >= 15 is 0 Å². The molecule has 0 radical (unpaired) electrons. The molecule has 10 heteroatoms.